The predicted molar refractivity (Wildman–Crippen MR) is 163 cm³/mol. The van der Waals surface area contributed by atoms with E-state index in [1.54, 1.807) is 66.3 Å². The maximum Gasteiger partial charge on any atom is 0.251 e. The van der Waals surface area contributed by atoms with Crippen molar-refractivity contribution >= 4 is 28.5 Å². The van der Waals surface area contributed by atoms with Crippen LogP contribution in [-0.2, 0) is 22.7 Å². The molecule has 5 rings (SSSR count). The number of aromatic nitrogens is 3. The molecule has 43 heavy (non-hydrogen) atoms. The maximum absolute atomic E-state index is 14.3. The first kappa shape index (κ1) is 29.1. The van der Waals surface area contributed by atoms with Crippen LogP contribution in [0.4, 0.5) is 5.69 Å². The number of ether oxygens (including phenoxy) is 3. The largest absolute Gasteiger partial charge is 0.497 e. The third-order valence-electron chi connectivity index (χ3n) is 7.27. The molecule has 10 heteroatoms. The van der Waals surface area contributed by atoms with Gasteiger partial charge in [0.15, 0.2) is 11.5 Å². The Hall–Kier alpha value is -5.38. The summed E-state index contributed by atoms with van der Waals surface area (Å²) in [4.78, 5) is 30.1. The topological polar surface area (TPSA) is 108 Å². The number of rotatable bonds is 11. The van der Waals surface area contributed by atoms with Gasteiger partial charge < -0.3 is 24.4 Å². The van der Waals surface area contributed by atoms with E-state index in [4.69, 9.17) is 14.2 Å². The fraction of sp³-hybridized carbons (Fsp3) is 0.212. The van der Waals surface area contributed by atoms with E-state index in [-0.39, 0.29) is 19.0 Å². The van der Waals surface area contributed by atoms with Crippen LogP contribution in [-0.4, -0.2) is 53.0 Å². The number of benzene rings is 4. The molecule has 2 amide bonds. The summed E-state index contributed by atoms with van der Waals surface area (Å²) in [5, 5.41) is 11.4. The molecule has 0 saturated carbocycles. The second-order valence-corrected chi connectivity index (χ2v) is 9.92. The molecule has 4 aromatic carbocycles. The highest BCUT2D eigenvalue weighted by molar-refractivity contribution is 5.98. The van der Waals surface area contributed by atoms with E-state index in [2.05, 4.69) is 15.6 Å². The summed E-state index contributed by atoms with van der Waals surface area (Å²) in [5.74, 6) is 0.886. The average Bonchev–Trinajstić information content (AvgIpc) is 3.44. The number of nitrogens with one attached hydrogen (secondary N) is 1. The van der Waals surface area contributed by atoms with Gasteiger partial charge in [-0.15, -0.1) is 5.10 Å². The molecule has 0 unspecified atom stereocenters. The summed E-state index contributed by atoms with van der Waals surface area (Å²) in [5.41, 5.74) is 4.40. The number of carbonyl (C=O) groups is 2. The molecular weight excluding hydrogens is 546 g/mol. The van der Waals surface area contributed by atoms with Gasteiger partial charge in [0.2, 0.25) is 5.91 Å². The van der Waals surface area contributed by atoms with Crippen LogP contribution in [0.2, 0.25) is 0 Å². The summed E-state index contributed by atoms with van der Waals surface area (Å²) in [6.45, 7) is 2.03. The molecule has 0 radical (unpaired) electrons. The van der Waals surface area contributed by atoms with Crippen molar-refractivity contribution in [2.24, 2.45) is 0 Å². The predicted octanol–water partition coefficient (Wildman–Crippen LogP) is 5.17. The van der Waals surface area contributed by atoms with Crippen LogP contribution in [0.15, 0.2) is 91.0 Å². The lowest BCUT2D eigenvalue weighted by Crippen LogP contribution is -2.42. The second kappa shape index (κ2) is 13.1. The van der Waals surface area contributed by atoms with Crippen LogP contribution < -0.4 is 19.5 Å². The third-order valence-corrected chi connectivity index (χ3v) is 7.27. The van der Waals surface area contributed by atoms with E-state index in [9.17, 15) is 9.59 Å². The first-order valence-electron chi connectivity index (χ1n) is 13.7. The van der Waals surface area contributed by atoms with Crippen LogP contribution in [0.3, 0.4) is 0 Å². The first-order valence-corrected chi connectivity index (χ1v) is 13.7. The van der Waals surface area contributed by atoms with Crippen molar-refractivity contribution in [2.75, 3.05) is 26.6 Å². The third kappa shape index (κ3) is 6.43. The molecule has 1 N–H and O–H groups in total. The zero-order valence-corrected chi connectivity index (χ0v) is 24.5. The van der Waals surface area contributed by atoms with Crippen LogP contribution in [0, 0.1) is 6.92 Å². The molecule has 0 aliphatic carbocycles. The summed E-state index contributed by atoms with van der Waals surface area (Å²) in [6, 6.07) is 26.4. The van der Waals surface area contributed by atoms with Crippen molar-refractivity contribution in [3.8, 4) is 17.2 Å². The van der Waals surface area contributed by atoms with E-state index in [0.717, 1.165) is 16.6 Å². The SMILES string of the molecule is COc1ccc(NC(=O)[C@H](c2ccc(OC)c(OC)c2)N(Cc2ccccc2C)C(=O)Cn2nnc3ccccc32)cc1. The molecule has 1 atom stereocenters. The van der Waals surface area contributed by atoms with Gasteiger partial charge in [0, 0.05) is 12.2 Å². The van der Waals surface area contributed by atoms with Crippen molar-refractivity contribution in [1.29, 1.82) is 0 Å². The summed E-state index contributed by atoms with van der Waals surface area (Å²) in [6.07, 6.45) is 0. The highest BCUT2D eigenvalue weighted by Crippen LogP contribution is 2.34. The lowest BCUT2D eigenvalue weighted by Gasteiger charge is -2.32. The quantitative estimate of drug-likeness (QED) is 0.230. The zero-order valence-electron chi connectivity index (χ0n) is 24.5. The van der Waals surface area contributed by atoms with E-state index in [0.29, 0.717) is 34.0 Å². The van der Waals surface area contributed by atoms with Crippen molar-refractivity contribution in [2.45, 2.75) is 26.1 Å². The van der Waals surface area contributed by atoms with Crippen molar-refractivity contribution in [3.63, 3.8) is 0 Å². The molecule has 0 spiro atoms. The van der Waals surface area contributed by atoms with Gasteiger partial charge in [0.05, 0.1) is 26.8 Å². The van der Waals surface area contributed by atoms with Gasteiger partial charge >= 0.3 is 0 Å². The number of para-hydroxylation sites is 1. The number of methoxy groups -OCH3 is 3. The summed E-state index contributed by atoms with van der Waals surface area (Å²) in [7, 11) is 4.65. The van der Waals surface area contributed by atoms with Crippen molar-refractivity contribution in [1.82, 2.24) is 19.9 Å². The van der Waals surface area contributed by atoms with Crippen LogP contribution in [0.5, 0.6) is 17.2 Å². The normalized spacial score (nSPS) is 11.5. The number of fused-ring (bicyclic) bond motifs is 1. The number of hydrogen-bond acceptors (Lipinski definition) is 7. The summed E-state index contributed by atoms with van der Waals surface area (Å²) < 4.78 is 17.8. The molecule has 0 fully saturated rings. The van der Waals surface area contributed by atoms with E-state index in [1.165, 1.54) is 7.11 Å². The number of aryl methyl sites for hydroxylation is 1. The number of carbonyl (C=O) groups excluding carboxylic acids is 2. The van der Waals surface area contributed by atoms with Gasteiger partial charge in [0.1, 0.15) is 23.9 Å². The van der Waals surface area contributed by atoms with Gasteiger partial charge in [-0.05, 0) is 72.1 Å². The minimum Gasteiger partial charge on any atom is -0.497 e. The molecular formula is C33H33N5O5. The van der Waals surface area contributed by atoms with Crippen LogP contribution >= 0.6 is 0 Å². The summed E-state index contributed by atoms with van der Waals surface area (Å²) >= 11 is 0. The Morgan fingerprint density at radius 2 is 1.58 bits per heavy atom. The Morgan fingerprint density at radius 3 is 2.30 bits per heavy atom. The lowest BCUT2D eigenvalue weighted by atomic mass is 10.0. The average molecular weight is 580 g/mol. The number of amides is 2. The van der Waals surface area contributed by atoms with E-state index < -0.39 is 11.9 Å². The Balaban J connectivity index is 1.60. The van der Waals surface area contributed by atoms with Gasteiger partial charge in [-0.3, -0.25) is 9.59 Å². The minimum atomic E-state index is -1.04. The maximum atomic E-state index is 14.3. The lowest BCUT2D eigenvalue weighted by molar-refractivity contribution is -0.140. The monoisotopic (exact) mass is 579 g/mol. The highest BCUT2D eigenvalue weighted by Gasteiger charge is 2.33. The fourth-order valence-electron chi connectivity index (χ4n) is 4.93. The molecule has 0 bridgehead atoms. The standard InChI is InChI=1S/C33H33N5O5/c1-22-9-5-6-10-24(22)20-37(31(39)21-38-28-12-8-7-11-27(28)35-36-38)32(23-13-18-29(42-3)30(19-23)43-4)33(40)34-25-14-16-26(41-2)17-15-25/h5-19,32H,20-21H2,1-4H3,(H,34,40)/t32-/m0/s1. The molecule has 0 aliphatic rings. The first-order chi connectivity index (χ1) is 20.9. The van der Waals surface area contributed by atoms with Gasteiger partial charge in [-0.2, -0.15) is 0 Å². The Kier molecular flexibility index (Phi) is 8.85. The Labute approximate surface area is 249 Å². The number of anilines is 1. The van der Waals surface area contributed by atoms with E-state index >= 15 is 0 Å². The number of hydrogen-bond donors (Lipinski definition) is 1. The smallest absolute Gasteiger partial charge is 0.251 e. The Bertz CT molecular complexity index is 1730. The van der Waals surface area contributed by atoms with E-state index in [1.807, 2.05) is 55.5 Å². The van der Waals surface area contributed by atoms with Gasteiger partial charge in [-0.25, -0.2) is 4.68 Å². The molecule has 0 aliphatic heterocycles. The Morgan fingerprint density at radius 1 is 0.860 bits per heavy atom. The number of nitrogens with zero attached hydrogens (tertiary/aromatic N) is 4. The molecule has 1 aromatic heterocycles. The molecule has 5 aromatic rings. The highest BCUT2D eigenvalue weighted by atomic mass is 16.5. The van der Waals surface area contributed by atoms with Crippen molar-refractivity contribution < 1.29 is 23.8 Å². The molecule has 0 saturated heterocycles. The molecule has 1 heterocycles. The van der Waals surface area contributed by atoms with Gasteiger partial charge in [0.25, 0.3) is 5.91 Å². The fourth-order valence-corrected chi connectivity index (χ4v) is 4.93. The zero-order chi connectivity index (χ0) is 30.3. The van der Waals surface area contributed by atoms with Gasteiger partial charge in [-0.1, -0.05) is 47.7 Å². The van der Waals surface area contributed by atoms with Crippen molar-refractivity contribution in [3.05, 3.63) is 108 Å². The minimum absolute atomic E-state index is 0.119. The van der Waals surface area contributed by atoms with Crippen LogP contribution in [0.25, 0.3) is 11.0 Å². The second-order valence-electron chi connectivity index (χ2n) is 9.92. The molecule has 220 valence electrons. The van der Waals surface area contributed by atoms with Crippen LogP contribution in [0.1, 0.15) is 22.7 Å². The molecule has 10 nitrogen and oxygen atoms in total.